The molecule has 5 rings (SSSR count). The third-order valence-electron chi connectivity index (χ3n) is 7.65. The van der Waals surface area contributed by atoms with Crippen molar-refractivity contribution in [1.29, 1.82) is 0 Å². The largest absolute Gasteiger partial charge is 0.373 e. The van der Waals surface area contributed by atoms with Gasteiger partial charge in [0.15, 0.2) is 0 Å². The lowest BCUT2D eigenvalue weighted by Crippen LogP contribution is -2.42. The van der Waals surface area contributed by atoms with Gasteiger partial charge in [-0.1, -0.05) is 12.8 Å². The minimum Gasteiger partial charge on any atom is -0.373 e. The van der Waals surface area contributed by atoms with Gasteiger partial charge >= 0.3 is 0 Å². The van der Waals surface area contributed by atoms with Crippen LogP contribution >= 0.6 is 0 Å². The standard InChI is InChI=1S/C22H33N5O2/c1-14-9-19(23-2)26-21(25-14)27-12-17-16(18-7-8-22(17,13-27)29-18)11-24-20(28)10-15-5-3-4-6-15/h9,15-18H,3-8,10-13H2,1-2H3,(H,24,28)(H,23,25,26)/t16-,17+,18+,22+/m0/s1. The highest BCUT2D eigenvalue weighted by atomic mass is 16.5. The number of ether oxygens (including phenoxy) is 1. The molecule has 0 radical (unpaired) electrons. The summed E-state index contributed by atoms with van der Waals surface area (Å²) in [6.45, 7) is 4.51. The Hall–Kier alpha value is -1.89. The minimum absolute atomic E-state index is 0.0849. The Labute approximate surface area is 173 Å². The summed E-state index contributed by atoms with van der Waals surface area (Å²) in [6.07, 6.45) is 8.20. The highest BCUT2D eigenvalue weighted by Gasteiger charge is 2.63. The number of aromatic nitrogens is 2. The summed E-state index contributed by atoms with van der Waals surface area (Å²) in [5.41, 5.74) is 0.883. The summed E-state index contributed by atoms with van der Waals surface area (Å²) < 4.78 is 6.54. The van der Waals surface area contributed by atoms with Gasteiger partial charge in [-0.15, -0.1) is 0 Å². The van der Waals surface area contributed by atoms with Crippen LogP contribution < -0.4 is 15.5 Å². The zero-order valence-electron chi connectivity index (χ0n) is 17.6. The van der Waals surface area contributed by atoms with Crippen LogP contribution in [-0.4, -0.2) is 54.3 Å². The molecule has 4 atom stereocenters. The van der Waals surface area contributed by atoms with E-state index in [2.05, 4.69) is 25.5 Å². The molecule has 2 bridgehead atoms. The molecule has 7 nitrogen and oxygen atoms in total. The third kappa shape index (κ3) is 3.47. The molecule has 0 unspecified atom stereocenters. The predicted molar refractivity (Wildman–Crippen MR) is 112 cm³/mol. The average Bonchev–Trinajstić information content (AvgIpc) is 3.47. The molecule has 7 heteroatoms. The van der Waals surface area contributed by atoms with E-state index in [9.17, 15) is 4.79 Å². The number of fused-ring (bicyclic) bond motifs is 1. The maximum absolute atomic E-state index is 12.5. The molecular formula is C22H33N5O2. The van der Waals surface area contributed by atoms with E-state index in [1.54, 1.807) is 0 Å². The molecular weight excluding hydrogens is 366 g/mol. The van der Waals surface area contributed by atoms with Gasteiger partial charge in [0.2, 0.25) is 11.9 Å². The molecule has 29 heavy (non-hydrogen) atoms. The number of hydrogen-bond acceptors (Lipinski definition) is 6. The topological polar surface area (TPSA) is 79.4 Å². The van der Waals surface area contributed by atoms with Gasteiger partial charge in [-0.05, 0) is 38.5 Å². The molecule has 3 aliphatic heterocycles. The number of carbonyl (C=O) groups excluding carboxylic acids is 1. The zero-order chi connectivity index (χ0) is 20.0. The van der Waals surface area contributed by atoms with Crippen molar-refractivity contribution < 1.29 is 9.53 Å². The van der Waals surface area contributed by atoms with Crippen molar-refractivity contribution in [3.05, 3.63) is 11.8 Å². The maximum atomic E-state index is 12.5. The van der Waals surface area contributed by atoms with Gasteiger partial charge in [0.1, 0.15) is 5.82 Å². The summed E-state index contributed by atoms with van der Waals surface area (Å²) in [5.74, 6) is 3.30. The molecule has 4 aliphatic rings. The number of carbonyl (C=O) groups is 1. The summed E-state index contributed by atoms with van der Waals surface area (Å²) in [6, 6.07) is 1.96. The van der Waals surface area contributed by atoms with Crippen LogP contribution in [0, 0.1) is 24.7 Å². The summed E-state index contributed by atoms with van der Waals surface area (Å²) >= 11 is 0. The lowest BCUT2D eigenvalue weighted by molar-refractivity contribution is -0.122. The van der Waals surface area contributed by atoms with Crippen molar-refractivity contribution in [2.45, 2.75) is 63.6 Å². The summed E-state index contributed by atoms with van der Waals surface area (Å²) in [4.78, 5) is 24.1. The molecule has 1 spiro atoms. The fraction of sp³-hybridized carbons (Fsp3) is 0.773. The molecule has 3 saturated heterocycles. The first kappa shape index (κ1) is 19.1. The van der Waals surface area contributed by atoms with Crippen molar-refractivity contribution in [3.8, 4) is 0 Å². The van der Waals surface area contributed by atoms with Crippen LogP contribution in [0.5, 0.6) is 0 Å². The molecule has 4 fully saturated rings. The number of rotatable bonds is 6. The van der Waals surface area contributed by atoms with Gasteiger partial charge in [-0.2, -0.15) is 4.98 Å². The Balaban J connectivity index is 1.25. The van der Waals surface area contributed by atoms with E-state index in [4.69, 9.17) is 4.74 Å². The average molecular weight is 400 g/mol. The van der Waals surface area contributed by atoms with Crippen LogP contribution in [0.1, 0.15) is 50.6 Å². The quantitative estimate of drug-likeness (QED) is 0.765. The van der Waals surface area contributed by atoms with Crippen LogP contribution in [0.3, 0.4) is 0 Å². The number of amides is 1. The van der Waals surface area contributed by atoms with Gasteiger partial charge in [0.05, 0.1) is 18.2 Å². The minimum atomic E-state index is -0.0849. The summed E-state index contributed by atoms with van der Waals surface area (Å²) in [5, 5.41) is 6.38. The van der Waals surface area contributed by atoms with Crippen LogP contribution in [0.2, 0.25) is 0 Å². The molecule has 1 amide bonds. The van der Waals surface area contributed by atoms with E-state index in [1.807, 2.05) is 20.0 Å². The molecule has 158 valence electrons. The van der Waals surface area contributed by atoms with Crippen LogP contribution in [-0.2, 0) is 9.53 Å². The molecule has 1 aromatic rings. The highest BCUT2D eigenvalue weighted by Crippen LogP contribution is 2.55. The SMILES string of the molecule is CNc1cc(C)nc(N2C[C@@H]3[C@H](CNC(=O)CC4CCCC4)[C@H]4CC[C@]3(C2)O4)n1. The first-order valence-electron chi connectivity index (χ1n) is 11.3. The Kier molecular flexibility index (Phi) is 4.88. The smallest absolute Gasteiger partial charge is 0.227 e. The molecule has 1 saturated carbocycles. The van der Waals surface area contributed by atoms with Crippen molar-refractivity contribution in [1.82, 2.24) is 15.3 Å². The van der Waals surface area contributed by atoms with Crippen LogP contribution in [0.25, 0.3) is 0 Å². The molecule has 4 heterocycles. The molecule has 1 aromatic heterocycles. The van der Waals surface area contributed by atoms with E-state index >= 15 is 0 Å². The van der Waals surface area contributed by atoms with Gasteiger partial charge in [0, 0.05) is 50.2 Å². The highest BCUT2D eigenvalue weighted by molar-refractivity contribution is 5.76. The number of nitrogens with one attached hydrogen (secondary N) is 2. The fourth-order valence-corrected chi connectivity index (χ4v) is 6.22. The van der Waals surface area contributed by atoms with Crippen molar-refractivity contribution in [3.63, 3.8) is 0 Å². The second-order valence-corrected chi connectivity index (χ2v) is 9.51. The number of anilines is 2. The lowest BCUT2D eigenvalue weighted by atomic mass is 9.73. The second kappa shape index (κ2) is 7.42. The van der Waals surface area contributed by atoms with Crippen molar-refractivity contribution >= 4 is 17.7 Å². The molecule has 0 aromatic carbocycles. The predicted octanol–water partition coefficient (Wildman–Crippen LogP) is 2.51. The maximum Gasteiger partial charge on any atom is 0.227 e. The van der Waals surface area contributed by atoms with Crippen LogP contribution in [0.15, 0.2) is 6.07 Å². The molecule has 1 aliphatic carbocycles. The molecule has 2 N–H and O–H groups in total. The van der Waals surface area contributed by atoms with Crippen LogP contribution in [0.4, 0.5) is 11.8 Å². The van der Waals surface area contributed by atoms with E-state index in [-0.39, 0.29) is 11.5 Å². The first-order chi connectivity index (χ1) is 14.1. The van der Waals surface area contributed by atoms with E-state index in [0.29, 0.717) is 30.3 Å². The Bertz CT molecular complexity index is 780. The monoisotopic (exact) mass is 399 g/mol. The Morgan fingerprint density at radius 2 is 2.14 bits per heavy atom. The van der Waals surface area contributed by atoms with E-state index in [0.717, 1.165) is 49.9 Å². The van der Waals surface area contributed by atoms with Gasteiger partial charge in [-0.3, -0.25) is 4.79 Å². The van der Waals surface area contributed by atoms with Crippen molar-refractivity contribution in [2.24, 2.45) is 17.8 Å². The fourth-order valence-electron chi connectivity index (χ4n) is 6.22. The third-order valence-corrected chi connectivity index (χ3v) is 7.65. The number of hydrogen-bond donors (Lipinski definition) is 2. The van der Waals surface area contributed by atoms with Crippen molar-refractivity contribution in [2.75, 3.05) is 36.9 Å². The second-order valence-electron chi connectivity index (χ2n) is 9.51. The van der Waals surface area contributed by atoms with Gasteiger partial charge in [-0.25, -0.2) is 4.98 Å². The van der Waals surface area contributed by atoms with Gasteiger partial charge < -0.3 is 20.3 Å². The first-order valence-corrected chi connectivity index (χ1v) is 11.3. The lowest BCUT2D eigenvalue weighted by Gasteiger charge is -2.29. The summed E-state index contributed by atoms with van der Waals surface area (Å²) in [7, 11) is 1.89. The Morgan fingerprint density at radius 3 is 2.93 bits per heavy atom. The van der Waals surface area contributed by atoms with E-state index in [1.165, 1.54) is 25.7 Å². The zero-order valence-corrected chi connectivity index (χ0v) is 17.6. The normalized spacial score (nSPS) is 33.3. The van der Waals surface area contributed by atoms with E-state index < -0.39 is 0 Å². The Morgan fingerprint density at radius 1 is 1.31 bits per heavy atom. The number of aryl methyl sites for hydroxylation is 1. The van der Waals surface area contributed by atoms with Gasteiger partial charge in [0.25, 0.3) is 0 Å². The number of nitrogens with zero attached hydrogens (tertiary/aromatic N) is 3.